The van der Waals surface area contributed by atoms with Gasteiger partial charge in [0.2, 0.25) is 6.41 Å². The van der Waals surface area contributed by atoms with Crippen LogP contribution in [0.2, 0.25) is 0 Å². The normalized spacial score (nSPS) is 10.1. The van der Waals surface area contributed by atoms with E-state index in [2.05, 4.69) is 10.3 Å². The smallest absolute Gasteiger partial charge is 0.211 e. The second-order valence-corrected chi connectivity index (χ2v) is 5.68. The van der Waals surface area contributed by atoms with Crippen molar-refractivity contribution in [2.75, 3.05) is 5.32 Å². The van der Waals surface area contributed by atoms with Gasteiger partial charge in [-0.25, -0.2) is 4.39 Å². The minimum absolute atomic E-state index is 0.0932. The maximum absolute atomic E-state index is 13.0. The topological polar surface area (TPSA) is 79.3 Å². The second kappa shape index (κ2) is 8.89. The highest BCUT2D eigenvalue weighted by Gasteiger charge is 2.16. The van der Waals surface area contributed by atoms with E-state index in [0.717, 1.165) is 11.1 Å². The number of halogens is 1. The summed E-state index contributed by atoms with van der Waals surface area (Å²) >= 11 is 0. The Bertz CT molecular complexity index is 969. The number of amides is 1. The van der Waals surface area contributed by atoms with E-state index < -0.39 is 0 Å². The number of anilines is 1. The molecule has 0 spiro atoms. The number of phenolic OH excluding ortho intramolecular Hbond substituents is 1. The summed E-state index contributed by atoms with van der Waals surface area (Å²) in [7, 11) is 0. The number of benzene rings is 2. The lowest BCUT2D eigenvalue weighted by Crippen LogP contribution is -2.02. The standard InChI is InChI=1S/C19H15FN2O3.C2H6/c1-11(24)15-8-17(22-10-23)16-7-13(9-21-18(16)19(15)25)6-12-2-4-14(20)5-3-12;1-2/h2-5,7-10,25H,6H2,1H3,(H,22,23);1-2H3. The molecule has 0 saturated heterocycles. The molecule has 3 aromatic rings. The number of nitrogens with zero attached hydrogens (tertiary/aromatic N) is 1. The summed E-state index contributed by atoms with van der Waals surface area (Å²) in [6, 6.07) is 9.34. The summed E-state index contributed by atoms with van der Waals surface area (Å²) < 4.78 is 13.0. The van der Waals surface area contributed by atoms with E-state index in [1.54, 1.807) is 24.4 Å². The largest absolute Gasteiger partial charge is 0.505 e. The monoisotopic (exact) mass is 368 g/mol. The van der Waals surface area contributed by atoms with Crippen molar-refractivity contribution in [1.82, 2.24) is 4.98 Å². The van der Waals surface area contributed by atoms with Gasteiger partial charge in [-0.15, -0.1) is 0 Å². The number of phenols is 1. The van der Waals surface area contributed by atoms with Gasteiger partial charge in [0.05, 0.1) is 11.3 Å². The highest BCUT2D eigenvalue weighted by atomic mass is 19.1. The fourth-order valence-electron chi connectivity index (χ4n) is 2.71. The molecule has 0 radical (unpaired) electrons. The number of ketones is 1. The number of fused-ring (bicyclic) bond motifs is 1. The first-order valence-corrected chi connectivity index (χ1v) is 8.59. The molecule has 0 bridgehead atoms. The van der Waals surface area contributed by atoms with E-state index in [9.17, 15) is 19.1 Å². The third-order valence-electron chi connectivity index (χ3n) is 3.92. The molecule has 6 heteroatoms. The van der Waals surface area contributed by atoms with Crippen LogP contribution in [0.1, 0.15) is 42.3 Å². The lowest BCUT2D eigenvalue weighted by Gasteiger charge is -2.11. The van der Waals surface area contributed by atoms with E-state index in [1.807, 2.05) is 13.8 Å². The number of Topliss-reactive ketones (excluding diaryl/α,β-unsaturated/α-hetero) is 1. The number of aromatic hydroxyl groups is 1. The van der Waals surface area contributed by atoms with E-state index in [4.69, 9.17) is 0 Å². The summed E-state index contributed by atoms with van der Waals surface area (Å²) in [6.07, 6.45) is 2.60. The summed E-state index contributed by atoms with van der Waals surface area (Å²) in [5.41, 5.74) is 2.44. The molecule has 0 atom stereocenters. The van der Waals surface area contributed by atoms with Crippen molar-refractivity contribution >= 4 is 28.8 Å². The first-order valence-electron chi connectivity index (χ1n) is 8.59. The van der Waals surface area contributed by atoms with Crippen LogP contribution in [-0.2, 0) is 11.2 Å². The quantitative estimate of drug-likeness (QED) is 0.396. The first kappa shape index (κ1) is 20.0. The van der Waals surface area contributed by atoms with Crippen molar-refractivity contribution in [2.45, 2.75) is 27.2 Å². The van der Waals surface area contributed by atoms with Crippen molar-refractivity contribution in [3.05, 3.63) is 65.1 Å². The lowest BCUT2D eigenvalue weighted by atomic mass is 10.0. The number of pyridine rings is 1. The van der Waals surface area contributed by atoms with Crippen LogP contribution >= 0.6 is 0 Å². The maximum Gasteiger partial charge on any atom is 0.211 e. The van der Waals surface area contributed by atoms with Gasteiger partial charge in [0.1, 0.15) is 11.3 Å². The van der Waals surface area contributed by atoms with E-state index in [1.165, 1.54) is 25.1 Å². The average Bonchev–Trinajstić information content (AvgIpc) is 2.67. The zero-order valence-electron chi connectivity index (χ0n) is 15.4. The molecule has 0 saturated carbocycles. The Morgan fingerprint density at radius 3 is 2.44 bits per heavy atom. The van der Waals surface area contributed by atoms with Crippen LogP contribution < -0.4 is 5.32 Å². The van der Waals surface area contributed by atoms with Crippen LogP contribution in [0, 0.1) is 5.82 Å². The fraction of sp³-hybridized carbons (Fsp3) is 0.190. The Labute approximate surface area is 156 Å². The SMILES string of the molecule is CC.CC(=O)c1cc(NC=O)c2cc(Cc3ccc(F)cc3)cnc2c1O. The average molecular weight is 368 g/mol. The predicted molar refractivity (Wildman–Crippen MR) is 104 cm³/mol. The van der Waals surface area contributed by atoms with Crippen LogP contribution in [-0.4, -0.2) is 22.3 Å². The summed E-state index contributed by atoms with van der Waals surface area (Å²) in [5, 5.41) is 13.3. The van der Waals surface area contributed by atoms with Gasteiger partial charge >= 0.3 is 0 Å². The van der Waals surface area contributed by atoms with Gasteiger partial charge in [-0.2, -0.15) is 0 Å². The van der Waals surface area contributed by atoms with Crippen molar-refractivity contribution in [1.29, 1.82) is 0 Å². The van der Waals surface area contributed by atoms with Crippen LogP contribution in [0.3, 0.4) is 0 Å². The van der Waals surface area contributed by atoms with Crippen molar-refractivity contribution in [3.63, 3.8) is 0 Å². The van der Waals surface area contributed by atoms with Gasteiger partial charge in [-0.05, 0) is 48.7 Å². The molecule has 27 heavy (non-hydrogen) atoms. The second-order valence-electron chi connectivity index (χ2n) is 5.68. The Balaban J connectivity index is 0.00000126. The Hall–Kier alpha value is -3.28. The zero-order chi connectivity index (χ0) is 20.0. The molecule has 1 aromatic heterocycles. The number of nitrogens with one attached hydrogen (secondary N) is 1. The number of rotatable bonds is 5. The molecule has 0 aliphatic rings. The van der Waals surface area contributed by atoms with Gasteiger partial charge in [0.25, 0.3) is 0 Å². The molecule has 5 nitrogen and oxygen atoms in total. The maximum atomic E-state index is 13.0. The molecule has 0 aliphatic heterocycles. The van der Waals surface area contributed by atoms with Crippen LogP contribution in [0.15, 0.2) is 42.6 Å². The van der Waals surface area contributed by atoms with Crippen LogP contribution in [0.5, 0.6) is 5.75 Å². The predicted octanol–water partition coefficient (Wildman–Crippen LogP) is 4.47. The van der Waals surface area contributed by atoms with E-state index >= 15 is 0 Å². The fourth-order valence-corrected chi connectivity index (χ4v) is 2.71. The molecular formula is C21H21FN2O3. The highest BCUT2D eigenvalue weighted by Crippen LogP contribution is 2.34. The van der Waals surface area contributed by atoms with Crippen molar-refractivity contribution in [3.8, 4) is 5.75 Å². The van der Waals surface area contributed by atoms with E-state index in [-0.39, 0.29) is 28.4 Å². The van der Waals surface area contributed by atoms with Crippen LogP contribution in [0.4, 0.5) is 10.1 Å². The molecule has 0 fully saturated rings. The number of carbonyl (C=O) groups is 2. The van der Waals surface area contributed by atoms with Gasteiger partial charge < -0.3 is 10.4 Å². The number of carbonyl (C=O) groups excluding carboxylic acids is 2. The number of hydrogen-bond acceptors (Lipinski definition) is 4. The first-order chi connectivity index (χ1) is 13.0. The molecule has 0 aliphatic carbocycles. The zero-order valence-corrected chi connectivity index (χ0v) is 15.4. The molecular weight excluding hydrogens is 347 g/mol. The number of aromatic nitrogens is 1. The highest BCUT2D eigenvalue weighted by molar-refractivity contribution is 6.08. The van der Waals surface area contributed by atoms with Gasteiger partial charge in [-0.1, -0.05) is 26.0 Å². The third-order valence-corrected chi connectivity index (χ3v) is 3.92. The Morgan fingerprint density at radius 2 is 1.85 bits per heavy atom. The molecule has 140 valence electrons. The summed E-state index contributed by atoms with van der Waals surface area (Å²) in [4.78, 5) is 26.8. The van der Waals surface area contributed by atoms with Crippen molar-refractivity contribution in [2.24, 2.45) is 0 Å². The molecule has 1 amide bonds. The Morgan fingerprint density at radius 1 is 1.19 bits per heavy atom. The molecule has 2 N–H and O–H groups in total. The molecule has 2 aromatic carbocycles. The minimum atomic E-state index is -0.328. The van der Waals surface area contributed by atoms with Gasteiger partial charge in [0.15, 0.2) is 11.5 Å². The lowest BCUT2D eigenvalue weighted by molar-refractivity contribution is -0.105. The minimum Gasteiger partial charge on any atom is -0.505 e. The van der Waals surface area contributed by atoms with Crippen molar-refractivity contribution < 1.29 is 19.1 Å². The van der Waals surface area contributed by atoms with E-state index in [0.29, 0.717) is 23.9 Å². The van der Waals surface area contributed by atoms with Gasteiger partial charge in [0, 0.05) is 11.6 Å². The molecule has 1 heterocycles. The molecule has 3 rings (SSSR count). The van der Waals surface area contributed by atoms with Gasteiger partial charge in [-0.3, -0.25) is 14.6 Å². The third kappa shape index (κ3) is 4.47. The summed E-state index contributed by atoms with van der Waals surface area (Å²) in [5.74, 6) is -0.850. The number of hydrogen-bond donors (Lipinski definition) is 2. The van der Waals surface area contributed by atoms with Crippen LogP contribution in [0.25, 0.3) is 10.9 Å². The summed E-state index contributed by atoms with van der Waals surface area (Å²) in [6.45, 7) is 5.33. The molecule has 0 unspecified atom stereocenters. The Kier molecular flexibility index (Phi) is 6.60.